The van der Waals surface area contributed by atoms with Crippen LogP contribution in [-0.4, -0.2) is 40.1 Å². The fourth-order valence-corrected chi connectivity index (χ4v) is 2.55. The van der Waals surface area contributed by atoms with Crippen LogP contribution in [0.5, 0.6) is 0 Å². The number of benzene rings is 1. The number of fused-ring (bicyclic) bond motifs is 1. The summed E-state index contributed by atoms with van der Waals surface area (Å²) in [6.45, 7) is 3.31. The first kappa shape index (κ1) is 15.2. The molecule has 0 N–H and O–H groups in total. The lowest BCUT2D eigenvalue weighted by molar-refractivity contribution is 0.0873. The molecule has 20 heavy (non-hydrogen) atoms. The second-order valence-corrected chi connectivity index (χ2v) is 4.97. The standard InChI is InChI=1S/C14H18ClF2N3/c1-2-20-13-6-4-3-5-11(13)12(18-20)9-19(8-7-15)10-14(16)17/h3-6,14H,2,7-10H2,1H3. The molecule has 0 spiro atoms. The van der Waals surface area contributed by atoms with Gasteiger partial charge in [-0.15, -0.1) is 11.6 Å². The molecular formula is C14H18ClF2N3. The lowest BCUT2D eigenvalue weighted by Gasteiger charge is -2.19. The Morgan fingerprint density at radius 3 is 2.75 bits per heavy atom. The van der Waals surface area contributed by atoms with E-state index >= 15 is 0 Å². The van der Waals surface area contributed by atoms with Crippen molar-refractivity contribution in [1.29, 1.82) is 0 Å². The van der Waals surface area contributed by atoms with Gasteiger partial charge in [-0.2, -0.15) is 5.10 Å². The molecule has 0 bridgehead atoms. The predicted octanol–water partition coefficient (Wildman–Crippen LogP) is 3.36. The van der Waals surface area contributed by atoms with Crippen LogP contribution in [0.2, 0.25) is 0 Å². The number of aromatic nitrogens is 2. The van der Waals surface area contributed by atoms with Crippen molar-refractivity contribution < 1.29 is 8.78 Å². The molecule has 0 atom stereocenters. The molecule has 3 nitrogen and oxygen atoms in total. The van der Waals surface area contributed by atoms with E-state index in [2.05, 4.69) is 5.10 Å². The van der Waals surface area contributed by atoms with Crippen LogP contribution in [0.1, 0.15) is 12.6 Å². The number of alkyl halides is 3. The first-order chi connectivity index (χ1) is 9.65. The molecule has 0 aliphatic rings. The highest BCUT2D eigenvalue weighted by atomic mass is 35.5. The summed E-state index contributed by atoms with van der Waals surface area (Å²) < 4.78 is 27.1. The van der Waals surface area contributed by atoms with Gasteiger partial charge in [0.2, 0.25) is 0 Å². The number of para-hydroxylation sites is 1. The number of rotatable bonds is 7. The molecule has 1 aromatic carbocycles. The number of nitrogens with zero attached hydrogens (tertiary/aromatic N) is 3. The van der Waals surface area contributed by atoms with Crippen LogP contribution in [-0.2, 0) is 13.1 Å². The van der Waals surface area contributed by atoms with Crippen LogP contribution >= 0.6 is 11.6 Å². The Morgan fingerprint density at radius 2 is 2.10 bits per heavy atom. The second-order valence-electron chi connectivity index (χ2n) is 4.59. The van der Waals surface area contributed by atoms with Gasteiger partial charge >= 0.3 is 0 Å². The van der Waals surface area contributed by atoms with Crippen molar-refractivity contribution >= 4 is 22.5 Å². The Hall–Kier alpha value is -1.20. The zero-order valence-corrected chi connectivity index (χ0v) is 12.2. The molecule has 0 aliphatic heterocycles. The molecule has 2 rings (SSSR count). The third kappa shape index (κ3) is 3.46. The number of halogens is 3. The van der Waals surface area contributed by atoms with E-state index in [-0.39, 0.29) is 6.54 Å². The van der Waals surface area contributed by atoms with E-state index in [1.165, 1.54) is 0 Å². The maximum atomic E-state index is 12.6. The van der Waals surface area contributed by atoms with E-state index in [1.54, 1.807) is 4.90 Å². The largest absolute Gasteiger partial charge is 0.291 e. The number of hydrogen-bond acceptors (Lipinski definition) is 2. The van der Waals surface area contributed by atoms with Gasteiger partial charge in [-0.25, -0.2) is 8.78 Å². The molecule has 110 valence electrons. The number of aryl methyl sites for hydroxylation is 1. The molecule has 0 aliphatic carbocycles. The highest BCUT2D eigenvalue weighted by Gasteiger charge is 2.16. The minimum absolute atomic E-state index is 0.278. The summed E-state index contributed by atoms with van der Waals surface area (Å²) in [5.74, 6) is 0.332. The smallest absolute Gasteiger partial charge is 0.251 e. The third-order valence-corrected chi connectivity index (χ3v) is 3.37. The van der Waals surface area contributed by atoms with Gasteiger partial charge in [-0.1, -0.05) is 18.2 Å². The summed E-state index contributed by atoms with van der Waals surface area (Å²) in [7, 11) is 0. The Labute approximate surface area is 122 Å². The van der Waals surface area contributed by atoms with Crippen LogP contribution in [0, 0.1) is 0 Å². The van der Waals surface area contributed by atoms with Crippen molar-refractivity contribution in [3.63, 3.8) is 0 Å². The van der Waals surface area contributed by atoms with Gasteiger partial charge in [0, 0.05) is 30.9 Å². The van der Waals surface area contributed by atoms with Crippen LogP contribution in [0.4, 0.5) is 8.78 Å². The number of hydrogen-bond donors (Lipinski definition) is 0. The molecule has 0 fully saturated rings. The van der Waals surface area contributed by atoms with E-state index in [1.807, 2.05) is 35.9 Å². The molecule has 0 amide bonds. The first-order valence-electron chi connectivity index (χ1n) is 6.66. The fourth-order valence-electron chi connectivity index (χ4n) is 2.32. The summed E-state index contributed by atoms with van der Waals surface area (Å²) in [5.41, 5.74) is 1.86. The summed E-state index contributed by atoms with van der Waals surface area (Å²) in [5, 5.41) is 5.54. The van der Waals surface area contributed by atoms with Gasteiger partial charge < -0.3 is 0 Å². The van der Waals surface area contributed by atoms with Gasteiger partial charge in [0.05, 0.1) is 17.8 Å². The van der Waals surface area contributed by atoms with Crippen molar-refractivity contribution in [2.24, 2.45) is 0 Å². The summed E-state index contributed by atoms with van der Waals surface area (Å²) in [4.78, 5) is 1.65. The van der Waals surface area contributed by atoms with Crippen LogP contribution in [0.3, 0.4) is 0 Å². The Morgan fingerprint density at radius 1 is 1.35 bits per heavy atom. The van der Waals surface area contributed by atoms with Crippen molar-refractivity contribution in [3.8, 4) is 0 Å². The third-order valence-electron chi connectivity index (χ3n) is 3.20. The lowest BCUT2D eigenvalue weighted by atomic mass is 10.2. The molecule has 0 unspecified atom stereocenters. The highest BCUT2D eigenvalue weighted by Crippen LogP contribution is 2.20. The molecule has 6 heteroatoms. The normalized spacial score (nSPS) is 11.9. The first-order valence-corrected chi connectivity index (χ1v) is 7.20. The monoisotopic (exact) mass is 301 g/mol. The SMILES string of the molecule is CCn1nc(CN(CCCl)CC(F)F)c2ccccc21. The Balaban J connectivity index is 2.27. The van der Waals surface area contributed by atoms with Crippen LogP contribution in [0.25, 0.3) is 10.9 Å². The molecule has 2 aromatic rings. The van der Waals surface area contributed by atoms with Crippen LogP contribution in [0.15, 0.2) is 24.3 Å². The van der Waals surface area contributed by atoms with E-state index in [9.17, 15) is 8.78 Å². The molecule has 1 heterocycles. The van der Waals surface area contributed by atoms with Gasteiger partial charge in [0.15, 0.2) is 0 Å². The quantitative estimate of drug-likeness (QED) is 0.731. The predicted molar refractivity (Wildman–Crippen MR) is 77.4 cm³/mol. The lowest BCUT2D eigenvalue weighted by Crippen LogP contribution is -2.30. The van der Waals surface area contributed by atoms with Crippen LogP contribution < -0.4 is 0 Å². The molecule has 0 saturated heterocycles. The van der Waals surface area contributed by atoms with Crippen molar-refractivity contribution in [1.82, 2.24) is 14.7 Å². The zero-order valence-electron chi connectivity index (χ0n) is 11.4. The van der Waals surface area contributed by atoms with Crippen molar-refractivity contribution in [2.45, 2.75) is 26.4 Å². The van der Waals surface area contributed by atoms with E-state index in [0.717, 1.165) is 23.1 Å². The molecule has 0 saturated carbocycles. The Bertz CT molecular complexity index is 556. The minimum Gasteiger partial charge on any atom is -0.291 e. The maximum Gasteiger partial charge on any atom is 0.251 e. The molecule has 1 aromatic heterocycles. The summed E-state index contributed by atoms with van der Waals surface area (Å²) in [6, 6.07) is 7.86. The maximum absolute atomic E-state index is 12.6. The minimum atomic E-state index is -2.36. The zero-order chi connectivity index (χ0) is 14.5. The summed E-state index contributed by atoms with van der Waals surface area (Å²) in [6.07, 6.45) is -2.36. The Kier molecular flexibility index (Phi) is 5.31. The average molecular weight is 302 g/mol. The molecular weight excluding hydrogens is 284 g/mol. The van der Waals surface area contributed by atoms with E-state index in [4.69, 9.17) is 11.6 Å². The highest BCUT2D eigenvalue weighted by molar-refractivity contribution is 6.18. The van der Waals surface area contributed by atoms with E-state index in [0.29, 0.717) is 19.0 Å². The topological polar surface area (TPSA) is 21.1 Å². The second kappa shape index (κ2) is 6.99. The fraction of sp³-hybridized carbons (Fsp3) is 0.500. The van der Waals surface area contributed by atoms with Crippen molar-refractivity contribution in [2.75, 3.05) is 19.0 Å². The van der Waals surface area contributed by atoms with E-state index < -0.39 is 6.43 Å². The molecule has 0 radical (unpaired) electrons. The van der Waals surface area contributed by atoms with Crippen molar-refractivity contribution in [3.05, 3.63) is 30.0 Å². The average Bonchev–Trinajstić information content (AvgIpc) is 2.77. The van der Waals surface area contributed by atoms with Gasteiger partial charge in [0.25, 0.3) is 6.43 Å². The van der Waals surface area contributed by atoms with Gasteiger partial charge in [0.1, 0.15) is 0 Å². The van der Waals surface area contributed by atoms with Gasteiger partial charge in [-0.3, -0.25) is 9.58 Å². The van der Waals surface area contributed by atoms with Gasteiger partial charge in [-0.05, 0) is 13.0 Å². The summed E-state index contributed by atoms with van der Waals surface area (Å²) >= 11 is 5.68.